The van der Waals surface area contributed by atoms with Crippen LogP contribution in [0.3, 0.4) is 0 Å². The second-order valence-corrected chi connectivity index (χ2v) is 9.84. The average Bonchev–Trinajstić information content (AvgIpc) is 3.28. The Balaban J connectivity index is 1.70. The van der Waals surface area contributed by atoms with Crippen molar-refractivity contribution in [2.75, 3.05) is 28.7 Å². The molecule has 2 aromatic rings. The van der Waals surface area contributed by atoms with Gasteiger partial charge in [0.15, 0.2) is 11.7 Å². The number of fused-ring (bicyclic) bond motifs is 1. The second-order valence-electron chi connectivity index (χ2n) is 9.84. The van der Waals surface area contributed by atoms with E-state index in [2.05, 4.69) is 15.2 Å². The number of hydrogen-bond acceptors (Lipinski definition) is 6. The van der Waals surface area contributed by atoms with Gasteiger partial charge < -0.3 is 20.9 Å². The van der Waals surface area contributed by atoms with Gasteiger partial charge in [-0.05, 0) is 44.4 Å². The predicted octanol–water partition coefficient (Wildman–Crippen LogP) is 4.10. The second kappa shape index (κ2) is 9.01. The summed E-state index contributed by atoms with van der Waals surface area (Å²) in [6.45, 7) is 4.31. The molecule has 188 valence electrons. The van der Waals surface area contributed by atoms with Crippen molar-refractivity contribution in [3.8, 4) is 0 Å². The highest BCUT2D eigenvalue weighted by molar-refractivity contribution is 6.00. The van der Waals surface area contributed by atoms with E-state index in [1.807, 2.05) is 13.8 Å². The molecule has 1 aliphatic carbocycles. The zero-order valence-electron chi connectivity index (χ0n) is 19.9. The molecule has 1 aromatic heterocycles. The summed E-state index contributed by atoms with van der Waals surface area (Å²) in [4.78, 5) is 37.4. The topological polar surface area (TPSA) is 104 Å². The number of carbonyl (C=O) groups excluding carboxylic acids is 2. The SMILES string of the molecule is CN1C(=O)C(C)(C)CN(C2CCCC2)c2nc(Nc3cccc(C(C(N)=O)C(F)(F)F)c3)ncc21. The van der Waals surface area contributed by atoms with E-state index in [-0.39, 0.29) is 29.1 Å². The van der Waals surface area contributed by atoms with Crippen LogP contribution in [0.4, 0.5) is 36.3 Å². The Morgan fingerprint density at radius 2 is 1.94 bits per heavy atom. The van der Waals surface area contributed by atoms with Gasteiger partial charge in [0.05, 0.1) is 11.6 Å². The maximum Gasteiger partial charge on any atom is 0.404 e. The molecule has 0 saturated heterocycles. The lowest BCUT2D eigenvalue weighted by atomic mass is 9.91. The fourth-order valence-electron chi connectivity index (χ4n) is 4.96. The van der Waals surface area contributed by atoms with Gasteiger partial charge in [0.1, 0.15) is 5.69 Å². The summed E-state index contributed by atoms with van der Waals surface area (Å²) in [6, 6.07) is 5.62. The van der Waals surface area contributed by atoms with Crippen molar-refractivity contribution < 1.29 is 22.8 Å². The van der Waals surface area contributed by atoms with Crippen LogP contribution in [0.2, 0.25) is 0 Å². The number of halogens is 3. The van der Waals surface area contributed by atoms with Gasteiger partial charge >= 0.3 is 6.18 Å². The van der Waals surface area contributed by atoms with E-state index in [0.29, 0.717) is 18.1 Å². The van der Waals surface area contributed by atoms with E-state index in [0.717, 1.165) is 25.7 Å². The Hall–Kier alpha value is -3.37. The molecule has 1 aliphatic heterocycles. The number of nitrogens with zero attached hydrogens (tertiary/aromatic N) is 4. The van der Waals surface area contributed by atoms with Gasteiger partial charge in [-0.1, -0.05) is 25.0 Å². The minimum Gasteiger partial charge on any atom is -0.369 e. The van der Waals surface area contributed by atoms with E-state index >= 15 is 0 Å². The summed E-state index contributed by atoms with van der Waals surface area (Å²) in [5.41, 5.74) is 4.98. The molecule has 2 heterocycles. The summed E-state index contributed by atoms with van der Waals surface area (Å²) in [7, 11) is 1.70. The fraction of sp³-hybridized carbons (Fsp3) is 0.500. The van der Waals surface area contributed by atoms with Crippen LogP contribution in [0.1, 0.15) is 51.0 Å². The highest BCUT2D eigenvalue weighted by atomic mass is 19.4. The normalized spacial score (nSPS) is 19.3. The Bertz CT molecular complexity index is 1130. The number of hydrogen-bond donors (Lipinski definition) is 2. The highest BCUT2D eigenvalue weighted by Gasteiger charge is 2.45. The van der Waals surface area contributed by atoms with Crippen LogP contribution < -0.4 is 20.9 Å². The van der Waals surface area contributed by atoms with Gasteiger partial charge in [0, 0.05) is 25.3 Å². The largest absolute Gasteiger partial charge is 0.404 e. The lowest BCUT2D eigenvalue weighted by Gasteiger charge is -2.34. The van der Waals surface area contributed by atoms with E-state index < -0.39 is 23.4 Å². The molecule has 0 spiro atoms. The predicted molar refractivity (Wildman–Crippen MR) is 127 cm³/mol. The minimum absolute atomic E-state index is 0.0408. The quantitative estimate of drug-likeness (QED) is 0.654. The van der Waals surface area contributed by atoms with Crippen LogP contribution in [0.25, 0.3) is 0 Å². The van der Waals surface area contributed by atoms with Crippen molar-refractivity contribution in [1.82, 2.24) is 9.97 Å². The Kier molecular flexibility index (Phi) is 6.37. The molecule has 1 unspecified atom stereocenters. The van der Waals surface area contributed by atoms with Gasteiger partial charge in [0.25, 0.3) is 0 Å². The van der Waals surface area contributed by atoms with Crippen molar-refractivity contribution in [3.05, 3.63) is 36.0 Å². The Morgan fingerprint density at radius 1 is 1.26 bits per heavy atom. The number of nitrogens with two attached hydrogens (primary N) is 1. The van der Waals surface area contributed by atoms with E-state index in [4.69, 9.17) is 10.7 Å². The van der Waals surface area contributed by atoms with Gasteiger partial charge in [0.2, 0.25) is 17.8 Å². The number of carbonyl (C=O) groups is 2. The van der Waals surface area contributed by atoms with Crippen molar-refractivity contribution in [3.63, 3.8) is 0 Å². The third kappa shape index (κ3) is 4.89. The minimum atomic E-state index is -4.81. The number of primary amides is 1. The molecule has 1 fully saturated rings. The Labute approximate surface area is 201 Å². The van der Waals surface area contributed by atoms with Crippen molar-refractivity contribution in [1.29, 1.82) is 0 Å². The molecular weight excluding hydrogens is 461 g/mol. The summed E-state index contributed by atoms with van der Waals surface area (Å²) >= 11 is 0. The standard InChI is InChI=1S/C24H29F3N6O2/c1-23(2)13-33(16-9-4-5-10-16)20-17(32(3)21(23)35)12-29-22(31-20)30-15-8-6-7-14(11-15)18(19(28)34)24(25,26)27/h6-8,11-12,16,18H,4-5,9-10,13H2,1-3H3,(H2,28,34)(H,29,30,31). The lowest BCUT2D eigenvalue weighted by molar-refractivity contribution is -0.162. The molecule has 35 heavy (non-hydrogen) atoms. The zero-order valence-corrected chi connectivity index (χ0v) is 19.9. The molecule has 11 heteroatoms. The monoisotopic (exact) mass is 490 g/mol. The number of rotatable bonds is 5. The van der Waals surface area contributed by atoms with Crippen molar-refractivity contribution >= 4 is 35.0 Å². The summed E-state index contributed by atoms with van der Waals surface area (Å²) < 4.78 is 40.1. The maximum atomic E-state index is 13.4. The molecule has 4 rings (SSSR count). The van der Waals surface area contributed by atoms with E-state index in [1.54, 1.807) is 24.2 Å². The summed E-state index contributed by atoms with van der Waals surface area (Å²) in [5.74, 6) is -3.15. The van der Waals surface area contributed by atoms with Crippen LogP contribution in [0, 0.1) is 5.41 Å². The molecule has 2 amide bonds. The molecule has 3 N–H and O–H groups in total. The number of aromatic nitrogens is 2. The zero-order chi connectivity index (χ0) is 25.5. The van der Waals surface area contributed by atoms with E-state index in [1.165, 1.54) is 18.2 Å². The molecular formula is C24H29F3N6O2. The number of alkyl halides is 3. The molecule has 8 nitrogen and oxygen atoms in total. The van der Waals surface area contributed by atoms with Crippen LogP contribution in [0.15, 0.2) is 30.5 Å². The number of nitrogens with one attached hydrogen (secondary N) is 1. The van der Waals surface area contributed by atoms with Gasteiger partial charge in [-0.25, -0.2) is 4.98 Å². The van der Waals surface area contributed by atoms with Gasteiger partial charge in [-0.2, -0.15) is 18.2 Å². The maximum absolute atomic E-state index is 13.4. The Morgan fingerprint density at radius 3 is 2.57 bits per heavy atom. The molecule has 1 atom stereocenters. The summed E-state index contributed by atoms with van der Waals surface area (Å²) in [6.07, 6.45) is 0.935. The number of anilines is 4. The average molecular weight is 491 g/mol. The molecule has 0 radical (unpaired) electrons. The van der Waals surface area contributed by atoms with Crippen LogP contribution in [-0.4, -0.2) is 47.6 Å². The van der Waals surface area contributed by atoms with Crippen molar-refractivity contribution in [2.24, 2.45) is 11.1 Å². The van der Waals surface area contributed by atoms with Crippen LogP contribution in [0.5, 0.6) is 0 Å². The number of amides is 2. The first-order valence-corrected chi connectivity index (χ1v) is 11.5. The van der Waals surface area contributed by atoms with Gasteiger partial charge in [-0.3, -0.25) is 9.59 Å². The van der Waals surface area contributed by atoms with Crippen LogP contribution >= 0.6 is 0 Å². The number of benzene rings is 1. The molecule has 1 aromatic carbocycles. The smallest absolute Gasteiger partial charge is 0.369 e. The van der Waals surface area contributed by atoms with Crippen molar-refractivity contribution in [2.45, 2.75) is 57.7 Å². The summed E-state index contributed by atoms with van der Waals surface area (Å²) in [5, 5.41) is 2.95. The molecule has 1 saturated carbocycles. The van der Waals surface area contributed by atoms with Gasteiger partial charge in [-0.15, -0.1) is 0 Å². The first kappa shape index (κ1) is 24.7. The first-order chi connectivity index (χ1) is 16.4. The third-order valence-electron chi connectivity index (χ3n) is 6.69. The van der Waals surface area contributed by atoms with E-state index in [9.17, 15) is 22.8 Å². The first-order valence-electron chi connectivity index (χ1n) is 11.5. The third-order valence-corrected chi connectivity index (χ3v) is 6.69. The fourth-order valence-corrected chi connectivity index (χ4v) is 4.96. The highest BCUT2D eigenvalue weighted by Crippen LogP contribution is 2.40. The van der Waals surface area contributed by atoms with Crippen LogP contribution in [-0.2, 0) is 9.59 Å². The molecule has 2 aliphatic rings. The molecule has 0 bridgehead atoms. The lowest BCUT2D eigenvalue weighted by Crippen LogP contribution is -2.45.